The first-order valence-electron chi connectivity index (χ1n) is 7.75. The number of benzene rings is 1. The number of carbonyl (C=O) groups excluding carboxylic acids is 1. The smallest absolute Gasteiger partial charge is 0.407 e. The second-order valence-electron chi connectivity index (χ2n) is 6.95. The molecule has 5 nitrogen and oxygen atoms in total. The maximum atomic E-state index is 13.9. The van der Waals surface area contributed by atoms with Gasteiger partial charge in [-0.25, -0.2) is 9.18 Å². The predicted molar refractivity (Wildman–Crippen MR) is 88.0 cm³/mol. The van der Waals surface area contributed by atoms with Gasteiger partial charge in [-0.2, -0.15) is 0 Å². The monoisotopic (exact) mass is 335 g/mol. The van der Waals surface area contributed by atoms with Gasteiger partial charge >= 0.3 is 12.1 Å². The number of carboxylic acid groups (broad SMARTS) is 1. The molecule has 0 bridgehead atoms. The first-order valence-corrected chi connectivity index (χ1v) is 7.75. The van der Waals surface area contributed by atoms with E-state index in [1.807, 2.05) is 0 Å². The molecule has 1 heterocycles. The van der Waals surface area contributed by atoms with Crippen molar-refractivity contribution in [2.24, 2.45) is 5.41 Å². The van der Waals surface area contributed by atoms with Crippen LogP contribution in [0.15, 0.2) is 24.3 Å². The minimum atomic E-state index is -1.09. The van der Waals surface area contributed by atoms with E-state index in [2.05, 4.69) is 0 Å². The molecule has 1 unspecified atom stereocenters. The van der Waals surface area contributed by atoms with Gasteiger partial charge in [-0.1, -0.05) is 18.2 Å². The Labute approximate surface area is 140 Å². The summed E-state index contributed by atoms with van der Waals surface area (Å²) >= 11 is 0. The lowest BCUT2D eigenvalue weighted by atomic mass is 9.94. The van der Waals surface area contributed by atoms with Crippen molar-refractivity contribution in [3.63, 3.8) is 0 Å². The largest absolute Gasteiger partial charge is 0.465 e. The van der Waals surface area contributed by atoms with Gasteiger partial charge in [-0.3, -0.25) is 4.79 Å². The third-order valence-electron chi connectivity index (χ3n) is 3.90. The standard InChI is InChI=1S/C18H22FNO4/c1-11-5-6-12(9-14(11)19)13-7-8-20(17(22)23)10-15(13)24-16(21)18(2,3)4/h5-7,9,15H,8,10H2,1-4H3,(H,22,23). The number of esters is 1. The molecule has 0 saturated heterocycles. The average Bonchev–Trinajstić information content (AvgIpc) is 2.49. The minimum absolute atomic E-state index is 0.0263. The van der Waals surface area contributed by atoms with Crippen LogP contribution < -0.4 is 0 Å². The summed E-state index contributed by atoms with van der Waals surface area (Å²) in [5.41, 5.74) is 1.03. The zero-order valence-electron chi connectivity index (χ0n) is 14.3. The van der Waals surface area contributed by atoms with Gasteiger partial charge < -0.3 is 14.7 Å². The quantitative estimate of drug-likeness (QED) is 0.841. The van der Waals surface area contributed by atoms with E-state index in [9.17, 15) is 19.1 Å². The number of rotatable bonds is 2. The average molecular weight is 335 g/mol. The van der Waals surface area contributed by atoms with Crippen molar-refractivity contribution in [3.05, 3.63) is 41.2 Å². The van der Waals surface area contributed by atoms with E-state index in [1.165, 1.54) is 6.07 Å². The summed E-state index contributed by atoms with van der Waals surface area (Å²) in [6.45, 7) is 7.03. The molecule has 1 aliphatic heterocycles. The van der Waals surface area contributed by atoms with Crippen molar-refractivity contribution in [1.29, 1.82) is 0 Å². The Hall–Kier alpha value is -2.37. The van der Waals surface area contributed by atoms with Crippen LogP contribution in [0.1, 0.15) is 31.9 Å². The summed E-state index contributed by atoms with van der Waals surface area (Å²) in [5.74, 6) is -0.784. The van der Waals surface area contributed by atoms with Crippen LogP contribution in [-0.2, 0) is 9.53 Å². The summed E-state index contributed by atoms with van der Waals surface area (Å²) in [6, 6.07) is 4.78. The maximum absolute atomic E-state index is 13.9. The molecule has 0 aromatic heterocycles. The number of nitrogens with zero attached hydrogens (tertiary/aromatic N) is 1. The summed E-state index contributed by atoms with van der Waals surface area (Å²) in [5, 5.41) is 9.18. The van der Waals surface area contributed by atoms with E-state index in [-0.39, 0.29) is 18.9 Å². The van der Waals surface area contributed by atoms with Crippen LogP contribution >= 0.6 is 0 Å². The summed E-state index contributed by atoms with van der Waals surface area (Å²) < 4.78 is 19.4. The van der Waals surface area contributed by atoms with E-state index in [1.54, 1.807) is 45.9 Å². The summed E-state index contributed by atoms with van der Waals surface area (Å²) in [6.07, 6.45) is -0.177. The number of amides is 1. The highest BCUT2D eigenvalue weighted by molar-refractivity contribution is 5.80. The van der Waals surface area contributed by atoms with Crippen molar-refractivity contribution in [3.8, 4) is 0 Å². The molecule has 1 aromatic rings. The van der Waals surface area contributed by atoms with Crippen LogP contribution in [0.3, 0.4) is 0 Å². The fourth-order valence-electron chi connectivity index (χ4n) is 2.35. The molecule has 24 heavy (non-hydrogen) atoms. The van der Waals surface area contributed by atoms with Crippen molar-refractivity contribution in [2.75, 3.05) is 13.1 Å². The van der Waals surface area contributed by atoms with Crippen molar-refractivity contribution >= 4 is 17.6 Å². The molecule has 130 valence electrons. The van der Waals surface area contributed by atoms with E-state index < -0.39 is 23.6 Å². The van der Waals surface area contributed by atoms with Crippen molar-refractivity contribution < 1.29 is 23.8 Å². The topological polar surface area (TPSA) is 66.8 Å². The molecule has 0 saturated carbocycles. The van der Waals surface area contributed by atoms with Crippen LogP contribution in [0.2, 0.25) is 0 Å². The highest BCUT2D eigenvalue weighted by Crippen LogP contribution is 2.29. The predicted octanol–water partition coefficient (Wildman–Crippen LogP) is 3.47. The van der Waals surface area contributed by atoms with Gasteiger partial charge in [0.15, 0.2) is 0 Å². The van der Waals surface area contributed by atoms with Crippen LogP contribution in [0.4, 0.5) is 9.18 Å². The Balaban J connectivity index is 2.35. The minimum Gasteiger partial charge on any atom is -0.465 e. The number of carbonyl (C=O) groups is 2. The lowest BCUT2D eigenvalue weighted by molar-refractivity contribution is -0.156. The summed E-state index contributed by atoms with van der Waals surface area (Å²) in [7, 11) is 0. The van der Waals surface area contributed by atoms with Gasteiger partial charge in [-0.05, 0) is 50.5 Å². The third-order valence-corrected chi connectivity index (χ3v) is 3.90. The Kier molecular flexibility index (Phi) is 4.96. The third kappa shape index (κ3) is 3.93. The van der Waals surface area contributed by atoms with Gasteiger partial charge in [0, 0.05) is 6.54 Å². The van der Waals surface area contributed by atoms with E-state index in [0.717, 1.165) is 4.90 Å². The Morgan fingerprint density at radius 3 is 2.54 bits per heavy atom. The van der Waals surface area contributed by atoms with Gasteiger partial charge in [0.05, 0.1) is 12.0 Å². The normalized spacial score (nSPS) is 18.1. The molecular weight excluding hydrogens is 313 g/mol. The van der Waals surface area contributed by atoms with E-state index >= 15 is 0 Å². The molecule has 1 aromatic carbocycles. The Morgan fingerprint density at radius 2 is 2.00 bits per heavy atom. The van der Waals surface area contributed by atoms with Crippen molar-refractivity contribution in [2.45, 2.75) is 33.8 Å². The molecular formula is C18H22FNO4. The second kappa shape index (κ2) is 6.63. The first kappa shape index (κ1) is 18.0. The highest BCUT2D eigenvalue weighted by atomic mass is 19.1. The number of ether oxygens (including phenoxy) is 1. The zero-order chi connectivity index (χ0) is 18.1. The maximum Gasteiger partial charge on any atom is 0.407 e. The van der Waals surface area contributed by atoms with E-state index in [0.29, 0.717) is 16.7 Å². The fourth-order valence-corrected chi connectivity index (χ4v) is 2.35. The number of hydrogen-bond donors (Lipinski definition) is 1. The van der Waals surface area contributed by atoms with Crippen LogP contribution in [-0.4, -0.2) is 41.3 Å². The van der Waals surface area contributed by atoms with Gasteiger partial charge in [-0.15, -0.1) is 0 Å². The van der Waals surface area contributed by atoms with Crippen LogP contribution in [0.5, 0.6) is 0 Å². The molecule has 0 spiro atoms. The first-order chi connectivity index (χ1) is 11.1. The Morgan fingerprint density at radius 1 is 1.33 bits per heavy atom. The van der Waals surface area contributed by atoms with Crippen LogP contribution in [0, 0.1) is 18.2 Å². The lowest BCUT2D eigenvalue weighted by Gasteiger charge is -2.32. The number of hydrogen-bond acceptors (Lipinski definition) is 3. The van der Waals surface area contributed by atoms with Gasteiger partial charge in [0.2, 0.25) is 0 Å². The fraction of sp³-hybridized carbons (Fsp3) is 0.444. The lowest BCUT2D eigenvalue weighted by Crippen LogP contribution is -2.43. The molecule has 2 rings (SSSR count). The van der Waals surface area contributed by atoms with Gasteiger partial charge in [0.1, 0.15) is 11.9 Å². The summed E-state index contributed by atoms with van der Waals surface area (Å²) in [4.78, 5) is 24.6. The second-order valence-corrected chi connectivity index (χ2v) is 6.95. The molecule has 1 atom stereocenters. The number of halogens is 1. The zero-order valence-corrected chi connectivity index (χ0v) is 14.3. The Bertz CT molecular complexity index is 691. The molecule has 1 N–H and O–H groups in total. The molecule has 0 aliphatic carbocycles. The van der Waals surface area contributed by atoms with E-state index in [4.69, 9.17) is 4.74 Å². The van der Waals surface area contributed by atoms with Crippen LogP contribution in [0.25, 0.3) is 5.57 Å². The van der Waals surface area contributed by atoms with Gasteiger partial charge in [0.25, 0.3) is 0 Å². The highest BCUT2D eigenvalue weighted by Gasteiger charge is 2.33. The molecule has 0 radical (unpaired) electrons. The molecule has 0 fully saturated rings. The molecule has 1 aliphatic rings. The molecule has 6 heteroatoms. The SMILES string of the molecule is Cc1ccc(C2=CCN(C(=O)O)CC2OC(=O)C(C)(C)C)cc1F. The molecule has 1 amide bonds. The van der Waals surface area contributed by atoms with Crippen molar-refractivity contribution in [1.82, 2.24) is 4.90 Å². The number of aryl methyl sites for hydroxylation is 1.